The maximum Gasteiger partial charge on any atom is 0.0839 e. The van der Waals surface area contributed by atoms with Gasteiger partial charge in [-0.05, 0) is 32.9 Å². The van der Waals surface area contributed by atoms with E-state index in [1.165, 1.54) is 0 Å². The van der Waals surface area contributed by atoms with E-state index < -0.39 is 0 Å². The summed E-state index contributed by atoms with van der Waals surface area (Å²) in [5.74, 6) is 0. The highest BCUT2D eigenvalue weighted by atomic mass is 32.1. The molecule has 1 heterocycles. The van der Waals surface area contributed by atoms with Crippen molar-refractivity contribution in [3.8, 4) is 0 Å². The van der Waals surface area contributed by atoms with E-state index in [0.717, 1.165) is 35.9 Å². The van der Waals surface area contributed by atoms with Gasteiger partial charge in [-0.2, -0.15) is 0 Å². The number of hydrogen-bond donors (Lipinski definition) is 0. The van der Waals surface area contributed by atoms with Crippen LogP contribution >= 0.6 is 12.2 Å². The van der Waals surface area contributed by atoms with Gasteiger partial charge in [-0.25, -0.2) is 0 Å². The highest BCUT2D eigenvalue weighted by Gasteiger charge is 2.06. The first kappa shape index (κ1) is 12.1. The fraction of sp³-hybridized carbons (Fsp3) is 0.500. The van der Waals surface area contributed by atoms with Gasteiger partial charge in [0.1, 0.15) is 0 Å². The average Bonchev–Trinajstić information content (AvgIpc) is 2.19. The maximum atomic E-state index is 5.38. The van der Waals surface area contributed by atoms with Crippen LogP contribution in [0.25, 0.3) is 0 Å². The fourth-order valence-corrected chi connectivity index (χ4v) is 1.95. The number of thiocarbonyl (C=S) groups is 1. The molecule has 0 unspecified atom stereocenters. The minimum Gasteiger partial charge on any atom is -0.366 e. The summed E-state index contributed by atoms with van der Waals surface area (Å²) in [6.07, 6.45) is 0.776. The van der Waals surface area contributed by atoms with Gasteiger partial charge in [0.05, 0.1) is 4.99 Å². The molecule has 0 radical (unpaired) electrons. The molecular formula is C12H18N2S. The molecule has 0 saturated carbocycles. The molecule has 0 amide bonds. The van der Waals surface area contributed by atoms with Crippen molar-refractivity contribution in [2.24, 2.45) is 0 Å². The van der Waals surface area contributed by atoms with Crippen molar-refractivity contribution >= 4 is 17.2 Å². The molecule has 15 heavy (non-hydrogen) atoms. The molecule has 0 spiro atoms. The van der Waals surface area contributed by atoms with Crippen molar-refractivity contribution in [3.05, 3.63) is 29.6 Å². The molecule has 1 rings (SSSR count). The van der Waals surface area contributed by atoms with Crippen molar-refractivity contribution in [3.63, 3.8) is 0 Å². The van der Waals surface area contributed by atoms with Crippen molar-refractivity contribution < 1.29 is 0 Å². The van der Waals surface area contributed by atoms with Crippen LogP contribution in [0.2, 0.25) is 0 Å². The van der Waals surface area contributed by atoms with E-state index in [1.54, 1.807) is 0 Å². The van der Waals surface area contributed by atoms with Gasteiger partial charge >= 0.3 is 0 Å². The first-order valence-electron chi connectivity index (χ1n) is 5.37. The Balaban J connectivity index is 2.65. The monoisotopic (exact) mass is 222 g/mol. The summed E-state index contributed by atoms with van der Waals surface area (Å²) in [6.45, 7) is 8.20. The Hall–Kier alpha value is -0.960. The minimum atomic E-state index is 0.776. The number of nitrogens with zero attached hydrogens (tertiary/aromatic N) is 2. The molecule has 3 heteroatoms. The number of aryl methyl sites for hydroxylation is 1. The summed E-state index contributed by atoms with van der Waals surface area (Å²) in [6, 6.07) is 6.06. The molecule has 0 aliphatic heterocycles. The predicted octanol–water partition coefficient (Wildman–Crippen LogP) is 2.60. The number of aromatic nitrogens is 1. The summed E-state index contributed by atoms with van der Waals surface area (Å²) in [5.41, 5.74) is 2.11. The molecule has 0 atom stereocenters. The third-order valence-electron chi connectivity index (χ3n) is 2.39. The lowest BCUT2D eigenvalue weighted by Gasteiger charge is -2.21. The van der Waals surface area contributed by atoms with Crippen LogP contribution in [0.4, 0.5) is 0 Å². The zero-order valence-electron chi connectivity index (χ0n) is 9.66. The van der Waals surface area contributed by atoms with Gasteiger partial charge < -0.3 is 4.90 Å². The number of pyridine rings is 1. The average molecular weight is 222 g/mol. The van der Waals surface area contributed by atoms with Gasteiger partial charge in [-0.1, -0.05) is 18.3 Å². The quantitative estimate of drug-likeness (QED) is 0.729. The van der Waals surface area contributed by atoms with Gasteiger partial charge in [0.25, 0.3) is 0 Å². The summed E-state index contributed by atoms with van der Waals surface area (Å²) in [5, 5.41) is 0. The van der Waals surface area contributed by atoms with Crippen LogP contribution in [-0.2, 0) is 6.42 Å². The lowest BCUT2D eigenvalue weighted by atomic mass is 10.2. The second kappa shape index (κ2) is 5.81. The topological polar surface area (TPSA) is 16.1 Å². The first-order valence-corrected chi connectivity index (χ1v) is 5.78. The molecule has 2 nitrogen and oxygen atoms in total. The highest BCUT2D eigenvalue weighted by Crippen LogP contribution is 2.03. The maximum absolute atomic E-state index is 5.38. The smallest absolute Gasteiger partial charge is 0.0839 e. The molecule has 0 aliphatic carbocycles. The number of likely N-dealkylation sites (N-methyl/N-ethyl adjacent to an activating group) is 1. The first-order chi connectivity index (χ1) is 7.17. The lowest BCUT2D eigenvalue weighted by Crippen LogP contribution is -2.30. The fourth-order valence-electron chi connectivity index (χ4n) is 1.54. The van der Waals surface area contributed by atoms with E-state index in [9.17, 15) is 0 Å². The van der Waals surface area contributed by atoms with Crippen LogP contribution in [0.15, 0.2) is 18.2 Å². The molecule has 0 fully saturated rings. The molecular weight excluding hydrogens is 204 g/mol. The summed E-state index contributed by atoms with van der Waals surface area (Å²) in [4.78, 5) is 7.63. The molecule has 0 saturated heterocycles. The Bertz CT molecular complexity index is 332. The lowest BCUT2D eigenvalue weighted by molar-refractivity contribution is 0.466. The molecule has 0 N–H and O–H groups in total. The van der Waals surface area contributed by atoms with E-state index in [1.807, 2.05) is 25.1 Å². The molecule has 1 aromatic rings. The van der Waals surface area contributed by atoms with Crippen LogP contribution in [0.1, 0.15) is 25.2 Å². The summed E-state index contributed by atoms with van der Waals surface area (Å²) < 4.78 is 0. The van der Waals surface area contributed by atoms with Crippen LogP contribution in [0.3, 0.4) is 0 Å². The Morgan fingerprint density at radius 1 is 1.33 bits per heavy atom. The van der Waals surface area contributed by atoms with Gasteiger partial charge in [-0.3, -0.25) is 4.98 Å². The third kappa shape index (κ3) is 3.59. The van der Waals surface area contributed by atoms with Crippen LogP contribution in [-0.4, -0.2) is 28.0 Å². The van der Waals surface area contributed by atoms with E-state index in [2.05, 4.69) is 23.7 Å². The van der Waals surface area contributed by atoms with Gasteiger partial charge in [0.2, 0.25) is 0 Å². The summed E-state index contributed by atoms with van der Waals surface area (Å²) >= 11 is 5.38. The number of rotatable bonds is 4. The Kier molecular flexibility index (Phi) is 4.69. The number of hydrogen-bond acceptors (Lipinski definition) is 2. The van der Waals surface area contributed by atoms with Gasteiger partial charge in [0.15, 0.2) is 0 Å². The van der Waals surface area contributed by atoms with Crippen molar-refractivity contribution in [1.82, 2.24) is 9.88 Å². The van der Waals surface area contributed by atoms with Crippen LogP contribution in [0.5, 0.6) is 0 Å². The van der Waals surface area contributed by atoms with Gasteiger partial charge in [0, 0.05) is 30.9 Å². The largest absolute Gasteiger partial charge is 0.366 e. The molecule has 82 valence electrons. The van der Waals surface area contributed by atoms with E-state index in [4.69, 9.17) is 12.2 Å². The Labute approximate surface area is 97.3 Å². The third-order valence-corrected chi connectivity index (χ3v) is 2.80. The highest BCUT2D eigenvalue weighted by molar-refractivity contribution is 7.80. The normalized spacial score (nSPS) is 10.1. The standard InChI is InChI=1S/C12H18N2S/c1-4-14(5-2)12(15)9-11-8-6-7-10(3)13-11/h6-8H,4-5,9H2,1-3H3. The van der Waals surface area contributed by atoms with Crippen molar-refractivity contribution in [2.75, 3.05) is 13.1 Å². The Morgan fingerprint density at radius 3 is 2.53 bits per heavy atom. The van der Waals surface area contributed by atoms with E-state index >= 15 is 0 Å². The summed E-state index contributed by atoms with van der Waals surface area (Å²) in [7, 11) is 0. The minimum absolute atomic E-state index is 0.776. The second-order valence-electron chi connectivity index (χ2n) is 3.51. The zero-order valence-corrected chi connectivity index (χ0v) is 10.5. The van der Waals surface area contributed by atoms with Crippen LogP contribution < -0.4 is 0 Å². The second-order valence-corrected chi connectivity index (χ2v) is 3.98. The molecule has 0 aromatic carbocycles. The molecule has 0 bridgehead atoms. The molecule has 1 aromatic heterocycles. The van der Waals surface area contributed by atoms with Crippen LogP contribution in [0, 0.1) is 6.92 Å². The SMILES string of the molecule is CCN(CC)C(=S)Cc1cccc(C)n1. The Morgan fingerprint density at radius 2 is 2.00 bits per heavy atom. The van der Waals surface area contributed by atoms with E-state index in [0.29, 0.717) is 0 Å². The van der Waals surface area contributed by atoms with Crippen molar-refractivity contribution in [1.29, 1.82) is 0 Å². The zero-order chi connectivity index (χ0) is 11.3. The van der Waals surface area contributed by atoms with E-state index in [-0.39, 0.29) is 0 Å². The van der Waals surface area contributed by atoms with Crippen molar-refractivity contribution in [2.45, 2.75) is 27.2 Å². The van der Waals surface area contributed by atoms with Gasteiger partial charge in [-0.15, -0.1) is 0 Å². The predicted molar refractivity (Wildman–Crippen MR) is 68.2 cm³/mol. The molecule has 0 aliphatic rings.